The molecule has 0 spiro atoms. The van der Waals surface area contributed by atoms with Crippen molar-refractivity contribution in [1.29, 1.82) is 0 Å². The number of carbonyl (C=O) groups excluding carboxylic acids is 1. The van der Waals surface area contributed by atoms with Gasteiger partial charge in [0.25, 0.3) is 0 Å². The van der Waals surface area contributed by atoms with Crippen LogP contribution < -0.4 is 9.47 Å². The third-order valence-corrected chi connectivity index (χ3v) is 7.12. The third kappa shape index (κ3) is 6.09. The zero-order valence-corrected chi connectivity index (χ0v) is 22.0. The van der Waals surface area contributed by atoms with E-state index in [9.17, 15) is 9.90 Å². The Labute approximate surface area is 223 Å². The van der Waals surface area contributed by atoms with Crippen molar-refractivity contribution in [3.8, 4) is 17.2 Å². The van der Waals surface area contributed by atoms with Crippen molar-refractivity contribution >= 4 is 22.8 Å². The Balaban J connectivity index is 1.30. The van der Waals surface area contributed by atoms with E-state index in [1.807, 2.05) is 18.2 Å². The number of hydrogen-bond donors (Lipinski definition) is 1. The van der Waals surface area contributed by atoms with Gasteiger partial charge in [0.1, 0.15) is 11.9 Å². The predicted octanol–water partition coefficient (Wildman–Crippen LogP) is 5.70. The van der Waals surface area contributed by atoms with Crippen LogP contribution in [-0.2, 0) is 17.8 Å². The lowest BCUT2D eigenvalue weighted by atomic mass is 10.0. The van der Waals surface area contributed by atoms with Crippen LogP contribution in [-0.4, -0.2) is 53.7 Å². The summed E-state index contributed by atoms with van der Waals surface area (Å²) in [7, 11) is 3.66. The number of phenols is 1. The second-order valence-corrected chi connectivity index (χ2v) is 9.97. The maximum absolute atomic E-state index is 12.9. The summed E-state index contributed by atoms with van der Waals surface area (Å²) in [6, 6.07) is 21.6. The van der Waals surface area contributed by atoms with E-state index in [1.54, 1.807) is 30.4 Å². The maximum Gasteiger partial charge on any atom is 0.160 e. The number of likely N-dealkylation sites (tertiary alicyclic amines) is 1. The summed E-state index contributed by atoms with van der Waals surface area (Å²) >= 11 is 0. The molecule has 2 heterocycles. The number of aromatic hydroxyl groups is 1. The van der Waals surface area contributed by atoms with E-state index >= 15 is 0 Å². The molecular formula is C32H34N2O4. The Morgan fingerprint density at radius 2 is 1.87 bits per heavy atom. The van der Waals surface area contributed by atoms with Crippen molar-refractivity contribution in [1.82, 2.24) is 9.47 Å². The minimum Gasteiger partial charge on any atom is -0.504 e. The van der Waals surface area contributed by atoms with Crippen LogP contribution in [0.3, 0.4) is 0 Å². The van der Waals surface area contributed by atoms with Gasteiger partial charge in [-0.3, -0.25) is 4.79 Å². The van der Waals surface area contributed by atoms with Crippen LogP contribution in [0.1, 0.15) is 29.5 Å². The van der Waals surface area contributed by atoms with E-state index in [-0.39, 0.29) is 17.6 Å². The first kappa shape index (κ1) is 25.6. The number of phenolic OH excluding ortho intramolecular Hbond substituents is 1. The SMILES string of the molecule is COc1ccc(/C=C/C(=O)Cc2cccc3ccn(Cc4cccc(OC5CCN(C)CC5)c4)c23)cc1O. The highest BCUT2D eigenvalue weighted by atomic mass is 16.5. The van der Waals surface area contributed by atoms with Gasteiger partial charge in [-0.15, -0.1) is 0 Å². The second kappa shape index (κ2) is 11.6. The molecule has 0 aliphatic carbocycles. The molecule has 6 heteroatoms. The number of nitrogens with zero attached hydrogens (tertiary/aromatic N) is 2. The first-order chi connectivity index (χ1) is 18.5. The molecule has 1 saturated heterocycles. The molecule has 5 rings (SSSR count). The number of ketones is 1. The zero-order chi connectivity index (χ0) is 26.5. The maximum atomic E-state index is 12.9. The molecule has 4 aromatic rings. The van der Waals surface area contributed by atoms with Gasteiger partial charge in [-0.2, -0.15) is 0 Å². The summed E-state index contributed by atoms with van der Waals surface area (Å²) in [5, 5.41) is 11.1. The summed E-state index contributed by atoms with van der Waals surface area (Å²) in [4.78, 5) is 15.2. The molecule has 1 N–H and O–H groups in total. The minimum absolute atomic E-state index is 0.00548. The third-order valence-electron chi connectivity index (χ3n) is 7.12. The molecule has 0 amide bonds. The Kier molecular flexibility index (Phi) is 7.80. The molecule has 1 aromatic heterocycles. The van der Waals surface area contributed by atoms with Crippen molar-refractivity contribution < 1.29 is 19.4 Å². The van der Waals surface area contributed by atoms with Gasteiger partial charge in [0.2, 0.25) is 0 Å². The Hall–Kier alpha value is -4.03. The smallest absolute Gasteiger partial charge is 0.160 e. The number of hydrogen-bond acceptors (Lipinski definition) is 5. The highest BCUT2D eigenvalue weighted by molar-refractivity contribution is 5.97. The molecule has 3 aromatic carbocycles. The molecule has 0 unspecified atom stereocenters. The summed E-state index contributed by atoms with van der Waals surface area (Å²) in [5.41, 5.74) is 3.95. The van der Waals surface area contributed by atoms with Gasteiger partial charge < -0.3 is 24.0 Å². The van der Waals surface area contributed by atoms with E-state index in [2.05, 4.69) is 53.0 Å². The number of carbonyl (C=O) groups is 1. The lowest BCUT2D eigenvalue weighted by molar-refractivity contribution is -0.113. The quantitative estimate of drug-likeness (QED) is 0.293. The Bertz CT molecular complexity index is 1450. The van der Waals surface area contributed by atoms with E-state index in [4.69, 9.17) is 9.47 Å². The average Bonchev–Trinajstić information content (AvgIpc) is 3.33. The molecule has 6 nitrogen and oxygen atoms in total. The molecule has 1 aliphatic rings. The molecule has 0 atom stereocenters. The van der Waals surface area contributed by atoms with Crippen LogP contribution in [0.25, 0.3) is 17.0 Å². The molecule has 0 saturated carbocycles. The Morgan fingerprint density at radius 1 is 1.05 bits per heavy atom. The topological polar surface area (TPSA) is 63.9 Å². The molecule has 0 radical (unpaired) electrons. The van der Waals surface area contributed by atoms with E-state index < -0.39 is 0 Å². The van der Waals surface area contributed by atoms with Gasteiger partial charge in [0.15, 0.2) is 17.3 Å². The first-order valence-electron chi connectivity index (χ1n) is 13.1. The molecular weight excluding hydrogens is 476 g/mol. The molecule has 38 heavy (non-hydrogen) atoms. The van der Waals surface area contributed by atoms with Crippen LogP contribution in [0.2, 0.25) is 0 Å². The fourth-order valence-corrected chi connectivity index (χ4v) is 5.07. The van der Waals surface area contributed by atoms with Crippen molar-refractivity contribution in [3.63, 3.8) is 0 Å². The normalized spacial score (nSPS) is 14.8. The fraction of sp³-hybridized carbons (Fsp3) is 0.281. The molecule has 1 aliphatic heterocycles. The number of fused-ring (bicyclic) bond motifs is 1. The van der Waals surface area contributed by atoms with Crippen LogP contribution in [0.5, 0.6) is 17.2 Å². The lowest BCUT2D eigenvalue weighted by Gasteiger charge is -2.29. The monoisotopic (exact) mass is 510 g/mol. The summed E-state index contributed by atoms with van der Waals surface area (Å²) in [6.45, 7) is 2.83. The van der Waals surface area contributed by atoms with E-state index in [0.29, 0.717) is 18.7 Å². The summed E-state index contributed by atoms with van der Waals surface area (Å²) < 4.78 is 13.6. The number of methoxy groups -OCH3 is 1. The van der Waals surface area contributed by atoms with Crippen molar-refractivity contribution in [2.75, 3.05) is 27.2 Å². The minimum atomic E-state index is -0.00548. The standard InChI is InChI=1S/C32H34N2O4/c1-33-16-14-28(15-17-33)38-29-8-3-5-24(19-29)22-34-18-13-25-6-4-7-26(32(25)34)21-27(35)11-9-23-10-12-31(37-2)30(36)20-23/h3-13,18-20,28,36H,14-17,21-22H2,1-2H3/b11-9+. The van der Waals surface area contributed by atoms with Crippen molar-refractivity contribution in [3.05, 3.63) is 95.7 Å². The largest absolute Gasteiger partial charge is 0.504 e. The van der Waals surface area contributed by atoms with Crippen LogP contribution in [0.15, 0.2) is 79.0 Å². The molecule has 1 fully saturated rings. The number of aromatic nitrogens is 1. The summed E-state index contributed by atoms with van der Waals surface area (Å²) in [6.07, 6.45) is 8.02. The second-order valence-electron chi connectivity index (χ2n) is 9.97. The summed E-state index contributed by atoms with van der Waals surface area (Å²) in [5.74, 6) is 1.36. The van der Waals surface area contributed by atoms with Gasteiger partial charge in [-0.25, -0.2) is 0 Å². The number of para-hydroxylation sites is 1. The highest BCUT2D eigenvalue weighted by Crippen LogP contribution is 2.27. The number of allylic oxidation sites excluding steroid dienone is 1. The van der Waals surface area contributed by atoms with Gasteiger partial charge in [0, 0.05) is 32.3 Å². The number of rotatable bonds is 9. The van der Waals surface area contributed by atoms with Gasteiger partial charge in [-0.05, 0) is 78.4 Å². The number of benzene rings is 3. The van der Waals surface area contributed by atoms with Crippen LogP contribution in [0.4, 0.5) is 0 Å². The van der Waals surface area contributed by atoms with Crippen LogP contribution in [0, 0.1) is 0 Å². The van der Waals surface area contributed by atoms with E-state index in [0.717, 1.165) is 59.3 Å². The molecule has 0 bridgehead atoms. The van der Waals surface area contributed by atoms with Crippen molar-refractivity contribution in [2.45, 2.75) is 31.9 Å². The van der Waals surface area contributed by atoms with Crippen molar-refractivity contribution in [2.24, 2.45) is 0 Å². The highest BCUT2D eigenvalue weighted by Gasteiger charge is 2.18. The first-order valence-corrected chi connectivity index (χ1v) is 13.1. The van der Waals surface area contributed by atoms with Gasteiger partial charge in [-0.1, -0.05) is 42.5 Å². The van der Waals surface area contributed by atoms with Gasteiger partial charge in [0.05, 0.1) is 12.6 Å². The number of piperidine rings is 1. The molecule has 196 valence electrons. The lowest BCUT2D eigenvalue weighted by Crippen LogP contribution is -2.35. The van der Waals surface area contributed by atoms with E-state index in [1.165, 1.54) is 7.11 Å². The fourth-order valence-electron chi connectivity index (χ4n) is 5.07. The Morgan fingerprint density at radius 3 is 2.66 bits per heavy atom. The van der Waals surface area contributed by atoms with Crippen LogP contribution >= 0.6 is 0 Å². The predicted molar refractivity (Wildman–Crippen MR) is 151 cm³/mol. The van der Waals surface area contributed by atoms with Gasteiger partial charge >= 0.3 is 0 Å². The zero-order valence-electron chi connectivity index (χ0n) is 22.0. The number of ether oxygens (including phenoxy) is 2. The average molecular weight is 511 g/mol.